The highest BCUT2D eigenvalue weighted by Gasteiger charge is 2.34. The number of benzene rings is 2. The van der Waals surface area contributed by atoms with Crippen molar-refractivity contribution in [1.29, 1.82) is 0 Å². The van der Waals surface area contributed by atoms with Gasteiger partial charge in [0.15, 0.2) is 5.75 Å². The van der Waals surface area contributed by atoms with Gasteiger partial charge < -0.3 is 10.1 Å². The van der Waals surface area contributed by atoms with Gasteiger partial charge in [0.05, 0.1) is 16.9 Å². The molecule has 0 saturated carbocycles. The van der Waals surface area contributed by atoms with E-state index >= 15 is 0 Å². The van der Waals surface area contributed by atoms with Crippen molar-refractivity contribution < 1.29 is 24.0 Å². The Bertz CT molecular complexity index is 1080. The Balaban J connectivity index is 1.61. The molecule has 0 radical (unpaired) electrons. The Hall–Kier alpha value is -3.66. The molecule has 2 aromatic carbocycles. The second kappa shape index (κ2) is 9.43. The predicted molar refractivity (Wildman–Crippen MR) is 116 cm³/mol. The van der Waals surface area contributed by atoms with Crippen LogP contribution in [0.25, 0.3) is 6.08 Å². The molecule has 1 saturated heterocycles. The molecule has 0 aromatic heterocycles. The predicted octanol–water partition coefficient (Wildman–Crippen LogP) is 3.38. The van der Waals surface area contributed by atoms with Gasteiger partial charge in [0.1, 0.15) is 0 Å². The number of hydrogen-bond acceptors (Lipinski definition) is 7. The van der Waals surface area contributed by atoms with Gasteiger partial charge in [-0.25, -0.2) is 0 Å². The number of aryl methyl sites for hydroxylation is 1. The van der Waals surface area contributed by atoms with E-state index in [2.05, 4.69) is 5.32 Å². The van der Waals surface area contributed by atoms with Crippen LogP contribution in [0.15, 0.2) is 47.4 Å². The van der Waals surface area contributed by atoms with Crippen LogP contribution in [0.1, 0.15) is 21.5 Å². The number of nitro groups is 1. The number of imide groups is 1. The highest BCUT2D eigenvalue weighted by Crippen LogP contribution is 2.32. The third-order valence-corrected chi connectivity index (χ3v) is 5.41. The highest BCUT2D eigenvalue weighted by atomic mass is 32.2. The van der Waals surface area contributed by atoms with E-state index < -0.39 is 22.0 Å². The van der Waals surface area contributed by atoms with Crippen LogP contribution < -0.4 is 10.1 Å². The van der Waals surface area contributed by atoms with Gasteiger partial charge in [-0.3, -0.25) is 29.4 Å². The third-order valence-electron chi connectivity index (χ3n) is 4.51. The lowest BCUT2D eigenvalue weighted by Gasteiger charge is -2.13. The lowest BCUT2D eigenvalue weighted by Crippen LogP contribution is -2.37. The smallest absolute Gasteiger partial charge is 0.311 e. The second-order valence-corrected chi connectivity index (χ2v) is 7.64. The summed E-state index contributed by atoms with van der Waals surface area (Å²) in [5.41, 5.74) is 1.64. The largest absolute Gasteiger partial charge is 0.490 e. The topological polar surface area (TPSA) is 119 Å². The minimum absolute atomic E-state index is 0.00844. The first-order chi connectivity index (χ1) is 14.8. The van der Waals surface area contributed by atoms with Gasteiger partial charge in [-0.15, -0.1) is 0 Å². The molecule has 0 unspecified atom stereocenters. The van der Waals surface area contributed by atoms with Gasteiger partial charge in [0, 0.05) is 24.7 Å². The van der Waals surface area contributed by atoms with E-state index in [9.17, 15) is 24.5 Å². The van der Waals surface area contributed by atoms with Crippen molar-refractivity contribution in [2.45, 2.75) is 6.92 Å². The van der Waals surface area contributed by atoms with Crippen molar-refractivity contribution in [3.63, 3.8) is 0 Å². The van der Waals surface area contributed by atoms with Crippen molar-refractivity contribution in [1.82, 2.24) is 10.2 Å². The summed E-state index contributed by atoms with van der Waals surface area (Å²) in [6.45, 7) is 1.95. The van der Waals surface area contributed by atoms with Gasteiger partial charge in [0.2, 0.25) is 0 Å². The quantitative estimate of drug-likeness (QED) is 0.397. The van der Waals surface area contributed by atoms with Crippen LogP contribution >= 0.6 is 11.8 Å². The highest BCUT2D eigenvalue weighted by molar-refractivity contribution is 8.18. The zero-order valence-corrected chi connectivity index (χ0v) is 17.6. The zero-order chi connectivity index (χ0) is 22.5. The fourth-order valence-electron chi connectivity index (χ4n) is 2.86. The number of ether oxygens (including phenoxy) is 1. The number of nitrogens with zero attached hydrogens (tertiary/aromatic N) is 2. The molecule has 160 valence electrons. The molecular weight excluding hydrogens is 422 g/mol. The molecule has 1 aliphatic heterocycles. The Morgan fingerprint density at radius 3 is 2.58 bits per heavy atom. The van der Waals surface area contributed by atoms with Crippen LogP contribution in [0.2, 0.25) is 0 Å². The molecule has 0 aliphatic carbocycles. The van der Waals surface area contributed by atoms with E-state index in [1.165, 1.54) is 19.2 Å². The number of hydrogen-bond donors (Lipinski definition) is 1. The summed E-state index contributed by atoms with van der Waals surface area (Å²) in [6, 6.07) is 11.4. The van der Waals surface area contributed by atoms with E-state index in [0.29, 0.717) is 4.91 Å². The molecule has 31 heavy (non-hydrogen) atoms. The molecule has 3 rings (SSSR count). The standard InChI is InChI=1S/C21H19N3O6S/c1-13-3-5-14(6-4-13)11-18-20(26)23(21(27)31-18)10-9-22-19(25)15-7-8-17(30-2)16(12-15)24(28)29/h3-8,11-12H,9-10H2,1-2H3,(H,22,25). The lowest BCUT2D eigenvalue weighted by atomic mass is 10.1. The maximum Gasteiger partial charge on any atom is 0.311 e. The number of nitro benzene ring substituents is 1. The summed E-state index contributed by atoms with van der Waals surface area (Å²) in [6.07, 6.45) is 1.65. The molecule has 0 atom stereocenters. The molecule has 1 N–H and O–H groups in total. The summed E-state index contributed by atoms with van der Waals surface area (Å²) in [5.74, 6) is -0.947. The number of nitrogens with one attached hydrogen (secondary N) is 1. The molecule has 0 spiro atoms. The minimum Gasteiger partial charge on any atom is -0.490 e. The van der Waals surface area contributed by atoms with Gasteiger partial charge in [-0.2, -0.15) is 0 Å². The fourth-order valence-corrected chi connectivity index (χ4v) is 3.73. The summed E-state index contributed by atoms with van der Waals surface area (Å²) < 4.78 is 4.91. The van der Waals surface area contributed by atoms with Crippen LogP contribution in [0.3, 0.4) is 0 Å². The van der Waals surface area contributed by atoms with Gasteiger partial charge >= 0.3 is 5.69 Å². The number of carbonyl (C=O) groups is 3. The first-order valence-electron chi connectivity index (χ1n) is 9.23. The average molecular weight is 441 g/mol. The molecule has 3 amide bonds. The Morgan fingerprint density at radius 1 is 1.23 bits per heavy atom. The minimum atomic E-state index is -0.643. The van der Waals surface area contributed by atoms with Crippen molar-refractivity contribution in [2.24, 2.45) is 0 Å². The second-order valence-electron chi connectivity index (χ2n) is 6.64. The number of carbonyl (C=O) groups excluding carboxylic acids is 3. The summed E-state index contributed by atoms with van der Waals surface area (Å²) in [5, 5.41) is 13.2. The maximum absolute atomic E-state index is 12.5. The Labute approximate surface area is 182 Å². The van der Waals surface area contributed by atoms with E-state index in [4.69, 9.17) is 4.74 Å². The number of amides is 3. The summed E-state index contributed by atoms with van der Waals surface area (Å²) >= 11 is 0.842. The molecule has 9 nitrogen and oxygen atoms in total. The molecule has 2 aromatic rings. The van der Waals surface area contributed by atoms with Gasteiger partial charge in [0.25, 0.3) is 17.1 Å². The van der Waals surface area contributed by atoms with Crippen molar-refractivity contribution in [2.75, 3.05) is 20.2 Å². The molecule has 1 heterocycles. The van der Waals surface area contributed by atoms with E-state index in [0.717, 1.165) is 33.9 Å². The van der Waals surface area contributed by atoms with Crippen molar-refractivity contribution >= 4 is 40.6 Å². The van der Waals surface area contributed by atoms with Crippen molar-refractivity contribution in [3.05, 3.63) is 74.2 Å². The average Bonchev–Trinajstić information content (AvgIpc) is 3.02. The lowest BCUT2D eigenvalue weighted by molar-refractivity contribution is -0.385. The molecule has 0 bridgehead atoms. The van der Waals surface area contributed by atoms with Gasteiger partial charge in [-0.05, 0) is 42.5 Å². The van der Waals surface area contributed by atoms with E-state index in [1.807, 2.05) is 31.2 Å². The molecule has 1 fully saturated rings. The Kier molecular flexibility index (Phi) is 6.71. The number of rotatable bonds is 7. The van der Waals surface area contributed by atoms with Crippen LogP contribution in [-0.2, 0) is 4.79 Å². The van der Waals surface area contributed by atoms with Crippen LogP contribution in [-0.4, -0.2) is 47.1 Å². The van der Waals surface area contributed by atoms with Crippen molar-refractivity contribution in [3.8, 4) is 5.75 Å². The van der Waals surface area contributed by atoms with Crippen LogP contribution in [0, 0.1) is 17.0 Å². The molecule has 1 aliphatic rings. The third kappa shape index (κ3) is 5.10. The van der Waals surface area contributed by atoms with E-state index in [-0.39, 0.29) is 30.1 Å². The number of methoxy groups -OCH3 is 1. The summed E-state index contributed by atoms with van der Waals surface area (Å²) in [4.78, 5) is 48.9. The number of thioether (sulfide) groups is 1. The maximum atomic E-state index is 12.5. The summed E-state index contributed by atoms with van der Waals surface area (Å²) in [7, 11) is 1.30. The SMILES string of the molecule is COc1ccc(C(=O)NCCN2C(=O)SC(=Cc3ccc(C)cc3)C2=O)cc1[N+](=O)[O-]. The molecular formula is C21H19N3O6S. The first-order valence-corrected chi connectivity index (χ1v) is 10.0. The Morgan fingerprint density at radius 2 is 1.94 bits per heavy atom. The van der Waals surface area contributed by atoms with E-state index in [1.54, 1.807) is 6.08 Å². The molecule has 10 heteroatoms. The zero-order valence-electron chi connectivity index (χ0n) is 16.8. The van der Waals surface area contributed by atoms with Crippen LogP contribution in [0.5, 0.6) is 5.75 Å². The van der Waals surface area contributed by atoms with Crippen LogP contribution in [0.4, 0.5) is 10.5 Å². The first kappa shape index (κ1) is 22.0. The monoisotopic (exact) mass is 441 g/mol. The van der Waals surface area contributed by atoms with Gasteiger partial charge in [-0.1, -0.05) is 29.8 Å². The normalized spacial score (nSPS) is 14.8. The fraction of sp³-hybridized carbons (Fsp3) is 0.190.